The maximum Gasteiger partial charge on any atom is 0.233 e. The number of hydrogen-bond acceptors (Lipinski definition) is 7. The number of halogens is 1. The number of hydrogen-bond donors (Lipinski definition) is 1. The van der Waals surface area contributed by atoms with E-state index in [1.165, 1.54) is 0 Å². The molecule has 1 saturated carbocycles. The molecule has 1 amide bonds. The van der Waals surface area contributed by atoms with E-state index in [4.69, 9.17) is 16.3 Å². The normalized spacial score (nSPS) is 31.6. The lowest BCUT2D eigenvalue weighted by Crippen LogP contribution is -2.59. The predicted molar refractivity (Wildman–Crippen MR) is 129 cm³/mol. The minimum Gasteiger partial charge on any atom is -0.480 e. The number of carbonyl (C=O) groups is 1. The van der Waals surface area contributed by atoms with Crippen molar-refractivity contribution in [2.24, 2.45) is 23.7 Å². The third-order valence-corrected chi connectivity index (χ3v) is 8.26. The number of rotatable bonds is 5. The van der Waals surface area contributed by atoms with E-state index in [1.807, 2.05) is 23.1 Å². The van der Waals surface area contributed by atoms with E-state index in [0.717, 1.165) is 18.5 Å². The van der Waals surface area contributed by atoms with Gasteiger partial charge in [0.15, 0.2) is 5.82 Å². The average molecular weight is 486 g/mol. The van der Waals surface area contributed by atoms with Crippen LogP contribution in [-0.2, 0) is 4.79 Å². The molecule has 2 saturated heterocycles. The summed E-state index contributed by atoms with van der Waals surface area (Å²) < 4.78 is 5.13. The first-order valence-electron chi connectivity index (χ1n) is 12.1. The summed E-state index contributed by atoms with van der Waals surface area (Å²) in [4.78, 5) is 22.5. The lowest BCUT2D eigenvalue weighted by Gasteiger charge is -2.49. The van der Waals surface area contributed by atoms with Gasteiger partial charge < -0.3 is 19.6 Å². The second-order valence-corrected chi connectivity index (χ2v) is 10.6. The summed E-state index contributed by atoms with van der Waals surface area (Å²) in [5.41, 5.74) is 0.174. The first-order chi connectivity index (χ1) is 16.3. The quantitative estimate of drug-likeness (QED) is 0.696. The van der Waals surface area contributed by atoms with Crippen molar-refractivity contribution in [3.05, 3.63) is 41.2 Å². The molecule has 1 aliphatic carbocycles. The number of methoxy groups -OCH3 is 1. The summed E-state index contributed by atoms with van der Waals surface area (Å²) in [7, 11) is 1.56. The van der Waals surface area contributed by atoms with Gasteiger partial charge in [0.1, 0.15) is 0 Å². The SMILES string of the molecule is COc1ccc(N2C[C@@H](C(=O)N3C[C@@H](C)C(O)(C4CC4)[C@@H](C)C3)[C@H](c3ccc(Cl)cn3)C2)nn1. The van der Waals surface area contributed by atoms with Crippen molar-refractivity contribution in [3.8, 4) is 5.88 Å². The molecule has 5 rings (SSSR count). The average Bonchev–Trinajstić information content (AvgIpc) is 3.61. The molecule has 3 aliphatic rings. The standard InChI is InChI=1S/C25H32ClN5O3/c1-15-11-31(12-16(2)25(15,33)17-4-5-17)24(32)20-14-30(22-8-9-23(34-3)29-28-22)13-19(20)21-7-6-18(26)10-27-21/h6-10,15-17,19-20,33H,4-5,11-14H2,1-3H3/t15-,16+,19-,20-,25?/m1/s1. The van der Waals surface area contributed by atoms with E-state index in [1.54, 1.807) is 19.4 Å². The number of anilines is 1. The van der Waals surface area contributed by atoms with Gasteiger partial charge in [0, 0.05) is 61.9 Å². The van der Waals surface area contributed by atoms with Gasteiger partial charge in [-0.1, -0.05) is 25.4 Å². The highest BCUT2D eigenvalue weighted by Gasteiger charge is 2.55. The molecule has 0 bridgehead atoms. The number of piperidine rings is 1. The minimum atomic E-state index is -0.672. The molecular formula is C25H32ClN5O3. The monoisotopic (exact) mass is 485 g/mol. The van der Waals surface area contributed by atoms with Crippen molar-refractivity contribution in [2.45, 2.75) is 38.2 Å². The maximum atomic E-state index is 13.9. The first kappa shape index (κ1) is 23.3. The van der Waals surface area contributed by atoms with Gasteiger partial charge >= 0.3 is 0 Å². The van der Waals surface area contributed by atoms with Gasteiger partial charge in [-0.15, -0.1) is 10.2 Å². The van der Waals surface area contributed by atoms with Gasteiger partial charge in [-0.2, -0.15) is 0 Å². The Labute approximate surface area is 205 Å². The van der Waals surface area contributed by atoms with Crippen LogP contribution in [0.2, 0.25) is 5.02 Å². The van der Waals surface area contributed by atoms with Gasteiger partial charge in [0.25, 0.3) is 0 Å². The molecule has 9 heteroatoms. The smallest absolute Gasteiger partial charge is 0.233 e. The summed E-state index contributed by atoms with van der Waals surface area (Å²) in [6.07, 6.45) is 3.81. The molecule has 0 spiro atoms. The molecule has 0 aromatic carbocycles. The van der Waals surface area contributed by atoms with Crippen LogP contribution < -0.4 is 9.64 Å². The Kier molecular flexibility index (Phi) is 6.14. The predicted octanol–water partition coefficient (Wildman–Crippen LogP) is 3.01. The van der Waals surface area contributed by atoms with Crippen LogP contribution in [0.25, 0.3) is 0 Å². The number of likely N-dealkylation sites (tertiary alicyclic amines) is 1. The number of aromatic nitrogens is 3. The summed E-state index contributed by atoms with van der Waals surface area (Å²) >= 11 is 6.08. The molecule has 1 unspecified atom stereocenters. The van der Waals surface area contributed by atoms with Crippen molar-refractivity contribution >= 4 is 23.3 Å². The molecule has 34 heavy (non-hydrogen) atoms. The zero-order chi connectivity index (χ0) is 24.0. The highest BCUT2D eigenvalue weighted by Crippen LogP contribution is 2.50. The van der Waals surface area contributed by atoms with E-state index in [2.05, 4.69) is 33.9 Å². The van der Waals surface area contributed by atoms with Crippen molar-refractivity contribution in [1.82, 2.24) is 20.1 Å². The van der Waals surface area contributed by atoms with Crippen molar-refractivity contribution in [1.29, 1.82) is 0 Å². The third kappa shape index (κ3) is 4.11. The maximum absolute atomic E-state index is 13.9. The molecule has 2 aromatic heterocycles. The number of ether oxygens (including phenoxy) is 1. The number of aliphatic hydroxyl groups is 1. The summed E-state index contributed by atoms with van der Waals surface area (Å²) in [6, 6.07) is 7.37. The molecule has 4 heterocycles. The Morgan fingerprint density at radius 3 is 2.38 bits per heavy atom. The summed E-state index contributed by atoms with van der Waals surface area (Å²) in [5.74, 6) is 1.37. The van der Waals surface area contributed by atoms with Crippen LogP contribution >= 0.6 is 11.6 Å². The van der Waals surface area contributed by atoms with Crippen LogP contribution in [0.15, 0.2) is 30.5 Å². The molecule has 0 radical (unpaired) electrons. The molecule has 3 fully saturated rings. The van der Waals surface area contributed by atoms with Crippen molar-refractivity contribution < 1.29 is 14.6 Å². The zero-order valence-electron chi connectivity index (χ0n) is 19.9. The Hall–Kier alpha value is -2.45. The highest BCUT2D eigenvalue weighted by molar-refractivity contribution is 6.30. The van der Waals surface area contributed by atoms with Gasteiger partial charge in [-0.25, -0.2) is 0 Å². The fourth-order valence-electron chi connectivity index (χ4n) is 6.02. The van der Waals surface area contributed by atoms with E-state index in [-0.39, 0.29) is 29.6 Å². The number of carbonyl (C=O) groups excluding carboxylic acids is 1. The second-order valence-electron chi connectivity index (χ2n) is 10.2. The second kappa shape index (κ2) is 8.96. The fraction of sp³-hybridized carbons (Fsp3) is 0.600. The van der Waals surface area contributed by atoms with Gasteiger partial charge in [-0.3, -0.25) is 9.78 Å². The Morgan fingerprint density at radius 1 is 1.09 bits per heavy atom. The number of amides is 1. The van der Waals surface area contributed by atoms with Crippen LogP contribution in [0.1, 0.15) is 38.3 Å². The molecule has 1 N–H and O–H groups in total. The lowest BCUT2D eigenvalue weighted by molar-refractivity contribution is -0.154. The zero-order valence-corrected chi connectivity index (χ0v) is 20.6. The lowest BCUT2D eigenvalue weighted by atomic mass is 9.71. The Balaban J connectivity index is 1.39. The summed E-state index contributed by atoms with van der Waals surface area (Å²) in [5, 5.41) is 20.4. The molecule has 2 aliphatic heterocycles. The van der Waals surface area contributed by atoms with Crippen LogP contribution in [0, 0.1) is 23.7 Å². The van der Waals surface area contributed by atoms with Crippen LogP contribution in [0.4, 0.5) is 5.82 Å². The van der Waals surface area contributed by atoms with Crippen LogP contribution in [-0.4, -0.2) is 70.0 Å². The minimum absolute atomic E-state index is 0.0461. The Bertz CT molecular complexity index is 1020. The molecular weight excluding hydrogens is 454 g/mol. The van der Waals surface area contributed by atoms with Gasteiger partial charge in [0.2, 0.25) is 11.8 Å². The van der Waals surface area contributed by atoms with Crippen LogP contribution in [0.5, 0.6) is 5.88 Å². The van der Waals surface area contributed by atoms with E-state index < -0.39 is 5.60 Å². The van der Waals surface area contributed by atoms with Gasteiger partial charge in [0.05, 0.1) is 23.7 Å². The van der Waals surface area contributed by atoms with Gasteiger partial charge in [-0.05, 0) is 37.0 Å². The Morgan fingerprint density at radius 2 is 1.82 bits per heavy atom. The number of nitrogens with zero attached hydrogens (tertiary/aromatic N) is 5. The third-order valence-electron chi connectivity index (χ3n) is 8.04. The van der Waals surface area contributed by atoms with E-state index >= 15 is 0 Å². The van der Waals surface area contributed by atoms with Crippen molar-refractivity contribution in [2.75, 3.05) is 38.2 Å². The van der Waals surface area contributed by atoms with E-state index in [9.17, 15) is 9.90 Å². The topological polar surface area (TPSA) is 91.7 Å². The first-order valence-corrected chi connectivity index (χ1v) is 12.4. The summed E-state index contributed by atoms with van der Waals surface area (Å²) in [6.45, 7) is 6.46. The van der Waals surface area contributed by atoms with Crippen molar-refractivity contribution in [3.63, 3.8) is 0 Å². The number of pyridine rings is 1. The largest absolute Gasteiger partial charge is 0.480 e. The fourth-order valence-corrected chi connectivity index (χ4v) is 6.13. The molecule has 8 nitrogen and oxygen atoms in total. The van der Waals surface area contributed by atoms with E-state index in [0.29, 0.717) is 48.8 Å². The molecule has 5 atom stereocenters. The molecule has 2 aromatic rings. The highest BCUT2D eigenvalue weighted by atomic mass is 35.5. The molecule has 182 valence electrons. The van der Waals surface area contributed by atoms with Crippen LogP contribution in [0.3, 0.4) is 0 Å².